The van der Waals surface area contributed by atoms with Crippen LogP contribution in [0.2, 0.25) is 0 Å². The number of aromatic nitrogens is 2. The van der Waals surface area contributed by atoms with E-state index in [4.69, 9.17) is 9.26 Å². The molecule has 1 heterocycles. The SMILES string of the molecule is Cc1noc(COc2cc(F)ccc2[C@H](C)O)n1. The maximum atomic E-state index is 13.1. The maximum absolute atomic E-state index is 13.1. The molecule has 1 aromatic heterocycles. The molecule has 0 aliphatic carbocycles. The van der Waals surface area contributed by atoms with Crippen LogP contribution in [0.1, 0.15) is 30.3 Å². The van der Waals surface area contributed by atoms with E-state index < -0.39 is 11.9 Å². The lowest BCUT2D eigenvalue weighted by Gasteiger charge is -2.12. The van der Waals surface area contributed by atoms with Crippen LogP contribution >= 0.6 is 0 Å². The van der Waals surface area contributed by atoms with Crippen molar-refractivity contribution in [1.82, 2.24) is 10.1 Å². The summed E-state index contributed by atoms with van der Waals surface area (Å²) in [6.45, 7) is 3.30. The molecule has 1 aromatic carbocycles. The fraction of sp³-hybridized carbons (Fsp3) is 0.333. The van der Waals surface area contributed by atoms with Gasteiger partial charge < -0.3 is 14.4 Å². The van der Waals surface area contributed by atoms with Gasteiger partial charge in [-0.15, -0.1) is 0 Å². The monoisotopic (exact) mass is 252 g/mol. The third-order valence-electron chi connectivity index (χ3n) is 2.35. The topological polar surface area (TPSA) is 68.4 Å². The van der Waals surface area contributed by atoms with Gasteiger partial charge in [0.05, 0.1) is 6.10 Å². The molecule has 0 bridgehead atoms. The lowest BCUT2D eigenvalue weighted by Crippen LogP contribution is -2.02. The average molecular weight is 252 g/mol. The van der Waals surface area contributed by atoms with Crippen molar-refractivity contribution in [3.63, 3.8) is 0 Å². The zero-order valence-corrected chi connectivity index (χ0v) is 10.1. The van der Waals surface area contributed by atoms with Gasteiger partial charge in [-0.25, -0.2) is 4.39 Å². The van der Waals surface area contributed by atoms with Crippen molar-refractivity contribution in [2.75, 3.05) is 0 Å². The zero-order valence-electron chi connectivity index (χ0n) is 10.1. The summed E-state index contributed by atoms with van der Waals surface area (Å²) in [6, 6.07) is 3.96. The smallest absolute Gasteiger partial charge is 0.264 e. The summed E-state index contributed by atoms with van der Waals surface area (Å²) >= 11 is 0. The van der Waals surface area contributed by atoms with Crippen LogP contribution in [-0.2, 0) is 6.61 Å². The Balaban J connectivity index is 2.15. The Morgan fingerprint density at radius 1 is 1.50 bits per heavy atom. The standard InChI is InChI=1S/C12H13FN2O3/c1-7(16)10-4-3-9(13)5-11(10)17-6-12-14-8(2)15-18-12/h3-5,7,16H,6H2,1-2H3/t7-/m0/s1. The van der Waals surface area contributed by atoms with Gasteiger partial charge in [-0.2, -0.15) is 4.98 Å². The van der Waals surface area contributed by atoms with Crippen LogP contribution in [0.3, 0.4) is 0 Å². The van der Waals surface area contributed by atoms with E-state index in [2.05, 4.69) is 10.1 Å². The minimum Gasteiger partial charge on any atom is -0.483 e. The number of ether oxygens (including phenoxy) is 1. The van der Waals surface area contributed by atoms with Crippen LogP contribution in [0.5, 0.6) is 5.75 Å². The van der Waals surface area contributed by atoms with Gasteiger partial charge in [-0.05, 0) is 26.0 Å². The van der Waals surface area contributed by atoms with Gasteiger partial charge in [0.2, 0.25) is 0 Å². The van der Waals surface area contributed by atoms with Crippen LogP contribution in [0, 0.1) is 12.7 Å². The molecule has 96 valence electrons. The normalized spacial score (nSPS) is 12.4. The Hall–Kier alpha value is -1.95. The van der Waals surface area contributed by atoms with E-state index in [1.54, 1.807) is 13.8 Å². The molecule has 0 aliphatic rings. The third kappa shape index (κ3) is 2.84. The molecule has 0 fully saturated rings. The highest BCUT2D eigenvalue weighted by molar-refractivity contribution is 5.35. The Bertz CT molecular complexity index is 540. The molecule has 1 N–H and O–H groups in total. The van der Waals surface area contributed by atoms with Crippen molar-refractivity contribution in [3.8, 4) is 5.75 Å². The van der Waals surface area contributed by atoms with Crippen molar-refractivity contribution in [3.05, 3.63) is 41.3 Å². The molecular formula is C12H13FN2O3. The minimum absolute atomic E-state index is 0.0318. The van der Waals surface area contributed by atoms with Gasteiger partial charge in [0.1, 0.15) is 11.6 Å². The van der Waals surface area contributed by atoms with E-state index in [0.717, 1.165) is 0 Å². The second-order valence-electron chi connectivity index (χ2n) is 3.88. The van der Waals surface area contributed by atoms with E-state index in [9.17, 15) is 9.50 Å². The number of benzene rings is 1. The van der Waals surface area contributed by atoms with Crippen LogP contribution in [-0.4, -0.2) is 15.2 Å². The van der Waals surface area contributed by atoms with E-state index in [-0.39, 0.29) is 12.4 Å². The van der Waals surface area contributed by atoms with E-state index in [1.807, 2.05) is 0 Å². The summed E-state index contributed by atoms with van der Waals surface area (Å²) in [5, 5.41) is 13.2. The second kappa shape index (κ2) is 5.14. The highest BCUT2D eigenvalue weighted by atomic mass is 19.1. The molecule has 2 rings (SSSR count). The fourth-order valence-electron chi connectivity index (χ4n) is 1.52. The number of nitrogens with zero attached hydrogens (tertiary/aromatic N) is 2. The number of aliphatic hydroxyl groups excluding tert-OH is 1. The lowest BCUT2D eigenvalue weighted by molar-refractivity contribution is 0.185. The summed E-state index contributed by atoms with van der Waals surface area (Å²) in [7, 11) is 0. The molecule has 0 radical (unpaired) electrons. The van der Waals surface area contributed by atoms with Gasteiger partial charge in [-0.1, -0.05) is 5.16 Å². The zero-order chi connectivity index (χ0) is 13.1. The lowest BCUT2D eigenvalue weighted by atomic mass is 10.1. The first-order valence-corrected chi connectivity index (χ1v) is 5.46. The quantitative estimate of drug-likeness (QED) is 0.902. The minimum atomic E-state index is -0.745. The van der Waals surface area contributed by atoms with Gasteiger partial charge in [0.25, 0.3) is 5.89 Å². The summed E-state index contributed by atoms with van der Waals surface area (Å²) in [6.07, 6.45) is -0.745. The maximum Gasteiger partial charge on any atom is 0.264 e. The number of aliphatic hydroxyl groups is 1. The van der Waals surface area contributed by atoms with Crippen LogP contribution < -0.4 is 4.74 Å². The Kier molecular flexibility index (Phi) is 3.57. The van der Waals surface area contributed by atoms with Gasteiger partial charge >= 0.3 is 0 Å². The predicted molar refractivity (Wildman–Crippen MR) is 60.4 cm³/mol. The molecule has 2 aromatic rings. The van der Waals surface area contributed by atoms with Crippen molar-refractivity contribution in [1.29, 1.82) is 0 Å². The summed E-state index contributed by atoms with van der Waals surface area (Å²) in [5.41, 5.74) is 0.507. The van der Waals surface area contributed by atoms with E-state index >= 15 is 0 Å². The first kappa shape index (κ1) is 12.5. The third-order valence-corrected chi connectivity index (χ3v) is 2.35. The van der Waals surface area contributed by atoms with Gasteiger partial charge in [0, 0.05) is 11.6 Å². The van der Waals surface area contributed by atoms with Crippen molar-refractivity contribution >= 4 is 0 Å². The molecule has 18 heavy (non-hydrogen) atoms. The van der Waals surface area contributed by atoms with Crippen LogP contribution in [0.25, 0.3) is 0 Å². The molecule has 0 aliphatic heterocycles. The second-order valence-corrected chi connectivity index (χ2v) is 3.88. The number of hydrogen-bond acceptors (Lipinski definition) is 5. The molecule has 5 nitrogen and oxygen atoms in total. The van der Waals surface area contributed by atoms with Crippen LogP contribution in [0.15, 0.2) is 22.7 Å². The van der Waals surface area contributed by atoms with Crippen LogP contribution in [0.4, 0.5) is 4.39 Å². The number of hydrogen-bond donors (Lipinski definition) is 1. The first-order chi connectivity index (χ1) is 8.56. The summed E-state index contributed by atoms with van der Waals surface area (Å²) in [4.78, 5) is 3.96. The molecular weight excluding hydrogens is 239 g/mol. The molecule has 0 amide bonds. The number of rotatable bonds is 4. The van der Waals surface area contributed by atoms with E-state index in [0.29, 0.717) is 17.3 Å². The molecule has 0 saturated carbocycles. The molecule has 1 atom stereocenters. The Morgan fingerprint density at radius 3 is 2.89 bits per heavy atom. The van der Waals surface area contributed by atoms with Crippen molar-refractivity contribution in [2.24, 2.45) is 0 Å². The largest absolute Gasteiger partial charge is 0.483 e. The highest BCUT2D eigenvalue weighted by Crippen LogP contribution is 2.26. The predicted octanol–water partition coefficient (Wildman–Crippen LogP) is 2.15. The highest BCUT2D eigenvalue weighted by Gasteiger charge is 2.12. The molecule has 0 spiro atoms. The Morgan fingerprint density at radius 2 is 2.28 bits per heavy atom. The summed E-state index contributed by atoms with van der Waals surface area (Å²) < 4.78 is 23.4. The molecule has 0 unspecified atom stereocenters. The van der Waals surface area contributed by atoms with Gasteiger partial charge in [-0.3, -0.25) is 0 Å². The first-order valence-electron chi connectivity index (χ1n) is 5.46. The van der Waals surface area contributed by atoms with Gasteiger partial charge in [0.15, 0.2) is 12.4 Å². The average Bonchev–Trinajstić information content (AvgIpc) is 2.72. The Labute approximate surface area is 103 Å². The van der Waals surface area contributed by atoms with Crippen molar-refractivity contribution in [2.45, 2.75) is 26.6 Å². The fourth-order valence-corrected chi connectivity index (χ4v) is 1.52. The summed E-state index contributed by atoms with van der Waals surface area (Å²) in [5.74, 6) is 0.633. The molecule has 0 saturated heterocycles. The van der Waals surface area contributed by atoms with Crippen molar-refractivity contribution < 1.29 is 18.8 Å². The van der Waals surface area contributed by atoms with E-state index in [1.165, 1.54) is 18.2 Å². The number of aryl methyl sites for hydroxylation is 1. The molecule has 6 heteroatoms. The number of halogens is 1.